The fourth-order valence-electron chi connectivity index (χ4n) is 2.01. The second kappa shape index (κ2) is 9.18. The van der Waals surface area contributed by atoms with E-state index in [0.29, 0.717) is 6.54 Å². The zero-order valence-corrected chi connectivity index (χ0v) is 12.7. The number of anilines is 1. The average molecular weight is 285 g/mol. The van der Waals surface area contributed by atoms with Crippen molar-refractivity contribution in [2.45, 2.75) is 33.2 Å². The summed E-state index contributed by atoms with van der Waals surface area (Å²) in [7, 11) is 0. The minimum absolute atomic E-state index is 0.152. The first-order valence-corrected chi connectivity index (χ1v) is 7.45. The molecule has 0 aliphatic carbocycles. The summed E-state index contributed by atoms with van der Waals surface area (Å²) in [6.45, 7) is 7.76. The maximum Gasteiger partial charge on any atom is 0.0642 e. The molecular formula is C15H25ClN2O. The van der Waals surface area contributed by atoms with Crippen molar-refractivity contribution in [2.75, 3.05) is 31.1 Å². The fraction of sp³-hybridized carbons (Fsp3) is 0.600. The minimum Gasteiger partial charge on any atom is -0.395 e. The number of halogens is 1. The molecule has 0 unspecified atom stereocenters. The lowest BCUT2D eigenvalue weighted by Gasteiger charge is -2.25. The highest BCUT2D eigenvalue weighted by molar-refractivity contribution is 6.33. The van der Waals surface area contributed by atoms with Crippen LogP contribution in [0.2, 0.25) is 5.02 Å². The van der Waals surface area contributed by atoms with Crippen LogP contribution >= 0.6 is 11.6 Å². The molecule has 0 radical (unpaired) electrons. The predicted octanol–water partition coefficient (Wildman–Crippen LogP) is 3.05. The molecule has 0 spiro atoms. The van der Waals surface area contributed by atoms with Gasteiger partial charge in [-0.15, -0.1) is 0 Å². The third-order valence-electron chi connectivity index (χ3n) is 3.08. The van der Waals surface area contributed by atoms with Crippen molar-refractivity contribution in [3.05, 3.63) is 28.8 Å². The fourth-order valence-corrected chi connectivity index (χ4v) is 2.33. The maximum atomic E-state index is 9.16. The summed E-state index contributed by atoms with van der Waals surface area (Å²) < 4.78 is 0. The van der Waals surface area contributed by atoms with Gasteiger partial charge in [0.05, 0.1) is 17.3 Å². The van der Waals surface area contributed by atoms with E-state index in [4.69, 9.17) is 16.7 Å². The molecule has 0 aliphatic heterocycles. The van der Waals surface area contributed by atoms with Gasteiger partial charge in [0.25, 0.3) is 0 Å². The molecule has 3 nitrogen and oxygen atoms in total. The van der Waals surface area contributed by atoms with Crippen LogP contribution in [-0.4, -0.2) is 31.3 Å². The van der Waals surface area contributed by atoms with Crippen molar-refractivity contribution in [2.24, 2.45) is 0 Å². The highest BCUT2D eigenvalue weighted by Crippen LogP contribution is 2.27. The van der Waals surface area contributed by atoms with Crippen LogP contribution in [-0.2, 0) is 6.54 Å². The van der Waals surface area contributed by atoms with Crippen LogP contribution in [0.1, 0.15) is 32.3 Å². The maximum absolute atomic E-state index is 9.16. The molecule has 0 saturated heterocycles. The van der Waals surface area contributed by atoms with E-state index in [-0.39, 0.29) is 6.61 Å². The van der Waals surface area contributed by atoms with Gasteiger partial charge in [-0.2, -0.15) is 0 Å². The van der Waals surface area contributed by atoms with E-state index in [0.717, 1.165) is 43.2 Å². The number of nitrogens with one attached hydrogen (secondary N) is 1. The lowest BCUT2D eigenvalue weighted by Crippen LogP contribution is -2.28. The summed E-state index contributed by atoms with van der Waals surface area (Å²) in [5.74, 6) is 0. The number of nitrogens with zero attached hydrogens (tertiary/aromatic N) is 1. The summed E-state index contributed by atoms with van der Waals surface area (Å²) in [4.78, 5) is 2.16. The Morgan fingerprint density at radius 2 is 2.05 bits per heavy atom. The highest BCUT2D eigenvalue weighted by atomic mass is 35.5. The Balaban J connectivity index is 2.78. The molecule has 2 N–H and O–H groups in total. The second-order valence-electron chi connectivity index (χ2n) is 4.63. The van der Waals surface area contributed by atoms with E-state index in [1.54, 1.807) is 0 Å². The third kappa shape index (κ3) is 5.39. The van der Waals surface area contributed by atoms with E-state index in [1.807, 2.05) is 6.07 Å². The van der Waals surface area contributed by atoms with Gasteiger partial charge >= 0.3 is 0 Å². The Labute approximate surface area is 121 Å². The van der Waals surface area contributed by atoms with Gasteiger partial charge in [0.1, 0.15) is 0 Å². The smallest absolute Gasteiger partial charge is 0.0642 e. The van der Waals surface area contributed by atoms with Gasteiger partial charge in [-0.05, 0) is 30.7 Å². The Morgan fingerprint density at radius 3 is 2.63 bits per heavy atom. The first-order valence-electron chi connectivity index (χ1n) is 7.07. The molecule has 1 rings (SSSR count). The molecule has 0 bridgehead atoms. The first kappa shape index (κ1) is 16.3. The number of rotatable bonds is 9. The van der Waals surface area contributed by atoms with Gasteiger partial charge in [0, 0.05) is 19.6 Å². The van der Waals surface area contributed by atoms with Crippen molar-refractivity contribution in [1.29, 1.82) is 0 Å². The third-order valence-corrected chi connectivity index (χ3v) is 3.39. The summed E-state index contributed by atoms with van der Waals surface area (Å²) in [6.07, 6.45) is 2.24. The standard InChI is InChI=1S/C15H25ClN2O/c1-3-5-8-18(9-10-19)15-7-6-13(11-14(15)16)12-17-4-2/h6-7,11,17,19H,3-5,8-10,12H2,1-2H3. The van der Waals surface area contributed by atoms with Crippen molar-refractivity contribution < 1.29 is 5.11 Å². The van der Waals surface area contributed by atoms with Gasteiger partial charge in [0.15, 0.2) is 0 Å². The molecule has 1 aromatic rings. The van der Waals surface area contributed by atoms with Gasteiger partial charge < -0.3 is 15.3 Å². The topological polar surface area (TPSA) is 35.5 Å². The number of hydrogen-bond acceptors (Lipinski definition) is 3. The summed E-state index contributed by atoms with van der Waals surface area (Å²) in [6, 6.07) is 6.16. The molecule has 0 aliphatic rings. The molecule has 19 heavy (non-hydrogen) atoms. The lowest BCUT2D eigenvalue weighted by molar-refractivity contribution is 0.301. The van der Waals surface area contributed by atoms with Crippen molar-refractivity contribution in [1.82, 2.24) is 5.32 Å². The molecule has 108 valence electrons. The monoisotopic (exact) mass is 284 g/mol. The SMILES string of the molecule is CCCCN(CCO)c1ccc(CNCC)cc1Cl. The van der Waals surface area contributed by atoms with Crippen LogP contribution in [0.4, 0.5) is 5.69 Å². The number of aliphatic hydroxyl groups excluding tert-OH is 1. The quantitative estimate of drug-likeness (QED) is 0.732. The molecule has 1 aromatic carbocycles. The van der Waals surface area contributed by atoms with E-state index in [1.165, 1.54) is 5.56 Å². The molecule has 0 atom stereocenters. The molecule has 0 amide bonds. The van der Waals surface area contributed by atoms with Crippen LogP contribution in [0.15, 0.2) is 18.2 Å². The van der Waals surface area contributed by atoms with Crippen LogP contribution in [0.25, 0.3) is 0 Å². The van der Waals surface area contributed by atoms with Crippen LogP contribution in [0.5, 0.6) is 0 Å². The predicted molar refractivity (Wildman–Crippen MR) is 83.0 cm³/mol. The van der Waals surface area contributed by atoms with Crippen molar-refractivity contribution in [3.8, 4) is 0 Å². The Kier molecular flexibility index (Phi) is 7.87. The zero-order chi connectivity index (χ0) is 14.1. The number of benzene rings is 1. The van der Waals surface area contributed by atoms with E-state index >= 15 is 0 Å². The zero-order valence-electron chi connectivity index (χ0n) is 12.0. The number of aliphatic hydroxyl groups is 1. The highest BCUT2D eigenvalue weighted by Gasteiger charge is 2.10. The van der Waals surface area contributed by atoms with E-state index in [9.17, 15) is 0 Å². The molecule has 0 fully saturated rings. The molecule has 0 aromatic heterocycles. The van der Waals surface area contributed by atoms with Crippen molar-refractivity contribution >= 4 is 17.3 Å². The molecule has 4 heteroatoms. The van der Waals surface area contributed by atoms with Crippen LogP contribution in [0.3, 0.4) is 0 Å². The summed E-state index contributed by atoms with van der Waals surface area (Å²) >= 11 is 6.37. The summed E-state index contributed by atoms with van der Waals surface area (Å²) in [5, 5.41) is 13.2. The Morgan fingerprint density at radius 1 is 1.26 bits per heavy atom. The number of unbranched alkanes of at least 4 members (excludes halogenated alkanes) is 1. The summed E-state index contributed by atoms with van der Waals surface area (Å²) in [5.41, 5.74) is 2.21. The van der Waals surface area contributed by atoms with E-state index in [2.05, 4.69) is 36.2 Å². The minimum atomic E-state index is 0.152. The van der Waals surface area contributed by atoms with Gasteiger partial charge in [-0.25, -0.2) is 0 Å². The van der Waals surface area contributed by atoms with E-state index < -0.39 is 0 Å². The largest absolute Gasteiger partial charge is 0.395 e. The normalized spacial score (nSPS) is 10.7. The van der Waals surface area contributed by atoms with Crippen molar-refractivity contribution in [3.63, 3.8) is 0 Å². The van der Waals surface area contributed by atoms with Gasteiger partial charge in [0.2, 0.25) is 0 Å². The molecule has 0 heterocycles. The Bertz CT molecular complexity index is 371. The molecule has 0 saturated carbocycles. The average Bonchev–Trinajstić information content (AvgIpc) is 2.41. The van der Waals surface area contributed by atoms with Crippen LogP contribution in [0, 0.1) is 0 Å². The van der Waals surface area contributed by atoms with Crippen LogP contribution < -0.4 is 10.2 Å². The van der Waals surface area contributed by atoms with Gasteiger partial charge in [-0.3, -0.25) is 0 Å². The Hall–Kier alpha value is -0.770. The second-order valence-corrected chi connectivity index (χ2v) is 5.04. The number of hydrogen-bond donors (Lipinski definition) is 2. The van der Waals surface area contributed by atoms with Gasteiger partial charge in [-0.1, -0.05) is 37.9 Å². The molecular weight excluding hydrogens is 260 g/mol. The first-order chi connectivity index (χ1) is 9.22. The lowest BCUT2D eigenvalue weighted by atomic mass is 10.1.